The van der Waals surface area contributed by atoms with E-state index in [4.69, 9.17) is 24.3 Å². The highest BCUT2D eigenvalue weighted by molar-refractivity contribution is 7.47. The molecule has 0 aliphatic heterocycles. The van der Waals surface area contributed by atoms with E-state index in [1.807, 2.05) is 0 Å². The van der Waals surface area contributed by atoms with Crippen molar-refractivity contribution in [1.82, 2.24) is 0 Å². The lowest BCUT2D eigenvalue weighted by Crippen LogP contribution is -2.29. The van der Waals surface area contributed by atoms with Gasteiger partial charge in [0.05, 0.1) is 13.2 Å². The minimum Gasteiger partial charge on any atom is -0.462 e. The van der Waals surface area contributed by atoms with Gasteiger partial charge in [0.25, 0.3) is 0 Å². The van der Waals surface area contributed by atoms with Crippen LogP contribution >= 0.6 is 7.82 Å². The van der Waals surface area contributed by atoms with Gasteiger partial charge in [-0.3, -0.25) is 18.6 Å². The lowest BCUT2D eigenvalue weighted by atomic mass is 10.0. The molecule has 0 rings (SSSR count). The van der Waals surface area contributed by atoms with Gasteiger partial charge in [0.1, 0.15) is 6.61 Å². The normalized spacial score (nSPS) is 13.9. The third kappa shape index (κ3) is 65.2. The van der Waals surface area contributed by atoms with Crippen molar-refractivity contribution in [2.75, 3.05) is 26.4 Å². The zero-order valence-corrected chi connectivity index (χ0v) is 52.6. The molecule has 9 nitrogen and oxygen atoms in total. The maximum absolute atomic E-state index is 12.7. The Kier molecular flexibility index (Phi) is 62.2. The summed E-state index contributed by atoms with van der Waals surface area (Å²) in [5.74, 6) is -0.841. The van der Waals surface area contributed by atoms with E-state index in [9.17, 15) is 19.0 Å². The molecule has 0 bridgehead atoms. The maximum atomic E-state index is 12.7. The second kappa shape index (κ2) is 65.3. The van der Waals surface area contributed by atoms with E-state index in [0.717, 1.165) is 116 Å². The van der Waals surface area contributed by atoms with Gasteiger partial charge in [0.2, 0.25) is 0 Å². The lowest BCUT2D eigenvalue weighted by Gasteiger charge is -2.19. The zero-order chi connectivity index (χ0) is 58.7. The predicted molar refractivity (Wildman–Crippen MR) is 348 cm³/mol. The number of rotatable bonds is 60. The van der Waals surface area contributed by atoms with Crippen LogP contribution in [0.2, 0.25) is 0 Å². The number of phosphoric acid groups is 1. The van der Waals surface area contributed by atoms with Crippen molar-refractivity contribution < 1.29 is 37.6 Å². The van der Waals surface area contributed by atoms with E-state index in [1.165, 1.54) is 122 Å². The standard InChI is InChI=1S/C71H120NO8P/c1-3-5-7-9-11-13-15-17-19-21-23-25-27-29-31-33-34-36-37-39-41-43-45-47-49-51-53-55-57-59-61-63-70(73)77-67-69(68-79-81(75,76)78-66-65-72)80-71(74)64-62-60-58-56-54-52-50-48-46-44-42-40-38-35-32-30-28-26-24-22-20-18-16-14-12-10-8-6-4-2/h5-8,11-14,17-20,23-26,30,32,38,40,44,46,69H,3-4,9-10,15-16,21-22,27-29,31,33-37,39,41-43,45,47-68,72H2,1-2H3,(H,75,76)/b7-5-,8-6-,13-11-,14-12-,19-17-,20-18-,25-23-,26-24-,32-30-,40-38-,46-44-. The van der Waals surface area contributed by atoms with Crippen molar-refractivity contribution in [3.8, 4) is 0 Å². The van der Waals surface area contributed by atoms with Crippen molar-refractivity contribution in [2.24, 2.45) is 5.73 Å². The molecule has 0 heterocycles. The van der Waals surface area contributed by atoms with Gasteiger partial charge < -0.3 is 20.1 Å². The monoisotopic (exact) mass is 1150 g/mol. The van der Waals surface area contributed by atoms with Crippen molar-refractivity contribution in [3.63, 3.8) is 0 Å². The van der Waals surface area contributed by atoms with Crippen molar-refractivity contribution in [3.05, 3.63) is 134 Å². The Balaban J connectivity index is 3.96. The van der Waals surface area contributed by atoms with Crippen LogP contribution < -0.4 is 5.73 Å². The topological polar surface area (TPSA) is 134 Å². The largest absolute Gasteiger partial charge is 0.472 e. The Hall–Kier alpha value is -3.85. The Morgan fingerprint density at radius 2 is 0.642 bits per heavy atom. The molecule has 0 saturated heterocycles. The summed E-state index contributed by atoms with van der Waals surface area (Å²) < 4.78 is 33.1. The highest BCUT2D eigenvalue weighted by Crippen LogP contribution is 2.43. The van der Waals surface area contributed by atoms with Crippen LogP contribution in [0.25, 0.3) is 0 Å². The van der Waals surface area contributed by atoms with E-state index in [0.29, 0.717) is 6.42 Å². The van der Waals surface area contributed by atoms with Crippen LogP contribution in [0.1, 0.15) is 271 Å². The van der Waals surface area contributed by atoms with Crippen molar-refractivity contribution >= 4 is 19.8 Å². The molecule has 0 fully saturated rings. The SMILES string of the molecule is CC/C=C\C/C=C\C/C=C\C/C=C\C/C=C\C/C=C\C/C=C\CCCCCCCCCC(=O)OC(COC(=O)CCCCCCCCCCCCCCCCCCCC/C=C\C/C=C\C/C=C\C/C=C\CC)COP(=O)(O)OCCN. The van der Waals surface area contributed by atoms with Gasteiger partial charge in [-0.25, -0.2) is 4.57 Å². The summed E-state index contributed by atoms with van der Waals surface area (Å²) >= 11 is 0. The molecule has 0 amide bonds. The van der Waals surface area contributed by atoms with Gasteiger partial charge in [0, 0.05) is 19.4 Å². The molecule has 0 radical (unpaired) electrons. The smallest absolute Gasteiger partial charge is 0.462 e. The van der Waals surface area contributed by atoms with E-state index < -0.39 is 26.5 Å². The van der Waals surface area contributed by atoms with Crippen LogP contribution in [0.3, 0.4) is 0 Å². The first-order valence-electron chi connectivity index (χ1n) is 32.7. The second-order valence-electron chi connectivity index (χ2n) is 21.2. The van der Waals surface area contributed by atoms with Crippen molar-refractivity contribution in [1.29, 1.82) is 0 Å². The molecule has 0 aromatic carbocycles. The van der Waals surface area contributed by atoms with Crippen LogP contribution in [-0.4, -0.2) is 49.3 Å². The molecule has 0 aliphatic carbocycles. The van der Waals surface area contributed by atoms with Gasteiger partial charge in [0.15, 0.2) is 6.10 Å². The number of allylic oxidation sites excluding steroid dienone is 22. The summed E-state index contributed by atoms with van der Waals surface area (Å²) in [4.78, 5) is 35.3. The summed E-state index contributed by atoms with van der Waals surface area (Å²) in [5.41, 5.74) is 5.39. The number of carbonyl (C=O) groups is 2. The maximum Gasteiger partial charge on any atom is 0.472 e. The number of hydrogen-bond donors (Lipinski definition) is 2. The molecule has 81 heavy (non-hydrogen) atoms. The Bertz CT molecular complexity index is 1790. The average Bonchev–Trinajstić information content (AvgIpc) is 3.46. The zero-order valence-electron chi connectivity index (χ0n) is 51.7. The number of esters is 2. The van der Waals surface area contributed by atoms with Gasteiger partial charge in [-0.2, -0.15) is 0 Å². The van der Waals surface area contributed by atoms with Gasteiger partial charge >= 0.3 is 19.8 Å². The predicted octanol–water partition coefficient (Wildman–Crippen LogP) is 21.3. The van der Waals surface area contributed by atoms with Crippen LogP contribution in [0.5, 0.6) is 0 Å². The second-order valence-corrected chi connectivity index (χ2v) is 22.7. The fourth-order valence-corrected chi connectivity index (χ4v) is 9.55. The minimum atomic E-state index is -4.40. The van der Waals surface area contributed by atoms with Crippen LogP contribution in [0.15, 0.2) is 134 Å². The van der Waals surface area contributed by atoms with E-state index in [2.05, 4.69) is 148 Å². The summed E-state index contributed by atoms with van der Waals surface area (Å²) in [6.45, 7) is 3.51. The van der Waals surface area contributed by atoms with Crippen LogP contribution in [0.4, 0.5) is 0 Å². The highest BCUT2D eigenvalue weighted by atomic mass is 31.2. The van der Waals surface area contributed by atoms with Gasteiger partial charge in [-0.15, -0.1) is 0 Å². The first-order valence-corrected chi connectivity index (χ1v) is 34.2. The molecule has 2 atom stereocenters. The Morgan fingerprint density at radius 1 is 0.370 bits per heavy atom. The Morgan fingerprint density at radius 3 is 0.951 bits per heavy atom. The number of phosphoric ester groups is 1. The van der Waals surface area contributed by atoms with Crippen LogP contribution in [0, 0.1) is 0 Å². The minimum absolute atomic E-state index is 0.0458. The molecular formula is C71H120NO8P. The molecule has 0 saturated carbocycles. The third-order valence-corrected chi connectivity index (χ3v) is 14.5. The molecule has 0 spiro atoms. The molecule has 2 unspecified atom stereocenters. The number of ether oxygens (including phenoxy) is 2. The average molecular weight is 1150 g/mol. The van der Waals surface area contributed by atoms with E-state index >= 15 is 0 Å². The molecule has 0 aromatic rings. The summed E-state index contributed by atoms with van der Waals surface area (Å²) in [6.07, 6.45) is 92.4. The fourth-order valence-electron chi connectivity index (χ4n) is 8.79. The summed E-state index contributed by atoms with van der Waals surface area (Å²) in [5, 5.41) is 0. The number of nitrogens with two attached hydrogens (primary N) is 1. The number of hydrogen-bond acceptors (Lipinski definition) is 8. The van der Waals surface area contributed by atoms with E-state index in [1.54, 1.807) is 0 Å². The molecule has 0 aliphatic rings. The van der Waals surface area contributed by atoms with Gasteiger partial charge in [-0.1, -0.05) is 282 Å². The summed E-state index contributed by atoms with van der Waals surface area (Å²) in [6, 6.07) is 0. The first kappa shape index (κ1) is 77.2. The quantitative estimate of drug-likeness (QED) is 0.0264. The molecule has 3 N–H and O–H groups in total. The fraction of sp³-hybridized carbons (Fsp3) is 0.662. The molecule has 462 valence electrons. The molecular weight excluding hydrogens is 1030 g/mol. The Labute approximate surface area is 497 Å². The summed E-state index contributed by atoms with van der Waals surface area (Å²) in [7, 11) is -4.40. The number of unbranched alkanes of at least 4 members (excludes halogenated alkanes) is 25. The molecule has 0 aromatic heterocycles. The van der Waals surface area contributed by atoms with Crippen LogP contribution in [-0.2, 0) is 32.7 Å². The van der Waals surface area contributed by atoms with E-state index in [-0.39, 0.29) is 38.6 Å². The first-order chi connectivity index (χ1) is 39.8. The lowest BCUT2D eigenvalue weighted by molar-refractivity contribution is -0.161. The molecule has 10 heteroatoms. The third-order valence-electron chi connectivity index (χ3n) is 13.5. The highest BCUT2D eigenvalue weighted by Gasteiger charge is 2.26. The van der Waals surface area contributed by atoms with Gasteiger partial charge in [-0.05, 0) is 109 Å². The number of carbonyl (C=O) groups excluding carboxylic acids is 2. The van der Waals surface area contributed by atoms with Crippen molar-refractivity contribution in [2.45, 2.75) is 277 Å².